The summed E-state index contributed by atoms with van der Waals surface area (Å²) < 4.78 is 12.2. The van der Waals surface area contributed by atoms with Crippen LogP contribution in [0.15, 0.2) is 0 Å². The largest absolute Gasteiger partial charge is 0.316 e. The van der Waals surface area contributed by atoms with Crippen LogP contribution in [0.1, 0.15) is 44.9 Å². The summed E-state index contributed by atoms with van der Waals surface area (Å²) in [6.45, 7) is 0. The molecular weight excluding hydrogens is 206 g/mol. The minimum Gasteiger partial charge on any atom is -0.316 e. The van der Waals surface area contributed by atoms with Crippen LogP contribution in [0.3, 0.4) is 0 Å². The van der Waals surface area contributed by atoms with Gasteiger partial charge in [-0.15, -0.1) is 0 Å². The van der Waals surface area contributed by atoms with Gasteiger partial charge in [0, 0.05) is 27.8 Å². The Balaban J connectivity index is 1.78. The lowest BCUT2D eigenvalue weighted by Gasteiger charge is -2.23. The van der Waals surface area contributed by atoms with Gasteiger partial charge in [0.1, 0.15) is 0 Å². The van der Waals surface area contributed by atoms with Gasteiger partial charge in [0.2, 0.25) is 0 Å². The molecule has 0 heterocycles. The maximum absolute atomic E-state index is 12.2. The van der Waals surface area contributed by atoms with Crippen molar-refractivity contribution in [3.8, 4) is 0 Å². The molecule has 2 aliphatic carbocycles. The number of hydrogen-bond donors (Lipinski definition) is 1. The predicted octanol–water partition coefficient (Wildman–Crippen LogP) is 2.07. The van der Waals surface area contributed by atoms with Crippen LogP contribution < -0.4 is 5.32 Å². The van der Waals surface area contributed by atoms with Crippen LogP contribution in [0.5, 0.6) is 0 Å². The summed E-state index contributed by atoms with van der Waals surface area (Å²) in [7, 11) is 1.44. The van der Waals surface area contributed by atoms with Crippen molar-refractivity contribution >= 4 is 10.8 Å². The van der Waals surface area contributed by atoms with Crippen molar-refractivity contribution in [1.29, 1.82) is 0 Å². The van der Waals surface area contributed by atoms with Crippen LogP contribution in [-0.2, 0) is 10.8 Å². The summed E-state index contributed by atoms with van der Waals surface area (Å²) >= 11 is 0. The number of hydrogen-bond acceptors (Lipinski definition) is 2. The van der Waals surface area contributed by atoms with Crippen LogP contribution in [0.2, 0.25) is 0 Å². The first-order valence-corrected chi connectivity index (χ1v) is 7.74. The number of rotatable bonds is 5. The second-order valence-electron chi connectivity index (χ2n) is 5.04. The van der Waals surface area contributed by atoms with Gasteiger partial charge in [-0.2, -0.15) is 0 Å². The highest BCUT2D eigenvalue weighted by atomic mass is 32.2. The maximum atomic E-state index is 12.2. The Bertz CT molecular complexity index is 222. The Kier molecular flexibility index (Phi) is 4.21. The third kappa shape index (κ3) is 3.28. The van der Waals surface area contributed by atoms with E-state index < -0.39 is 10.8 Å². The second-order valence-corrected chi connectivity index (χ2v) is 6.80. The quantitative estimate of drug-likeness (QED) is 0.782. The highest BCUT2D eigenvalue weighted by Gasteiger charge is 2.32. The van der Waals surface area contributed by atoms with Crippen molar-refractivity contribution in [2.45, 2.75) is 56.2 Å². The highest BCUT2D eigenvalue weighted by Crippen LogP contribution is 2.33. The minimum atomic E-state index is -0.579. The van der Waals surface area contributed by atoms with Crippen LogP contribution in [0.4, 0.5) is 0 Å². The molecule has 0 amide bonds. The molecule has 0 aliphatic heterocycles. The van der Waals surface area contributed by atoms with E-state index in [9.17, 15) is 4.21 Å². The molecule has 0 spiro atoms. The molecule has 15 heavy (non-hydrogen) atoms. The van der Waals surface area contributed by atoms with E-state index in [-0.39, 0.29) is 0 Å². The van der Waals surface area contributed by atoms with E-state index in [1.165, 1.54) is 44.9 Å². The van der Waals surface area contributed by atoms with E-state index in [1.807, 2.05) is 7.05 Å². The Morgan fingerprint density at radius 3 is 2.40 bits per heavy atom. The molecule has 0 aromatic rings. The zero-order chi connectivity index (χ0) is 10.7. The summed E-state index contributed by atoms with van der Waals surface area (Å²) in [5, 5.41) is 3.85. The van der Waals surface area contributed by atoms with Crippen molar-refractivity contribution in [2.24, 2.45) is 5.92 Å². The summed E-state index contributed by atoms with van der Waals surface area (Å²) in [5.41, 5.74) is 0. The van der Waals surface area contributed by atoms with Gasteiger partial charge in [-0.25, -0.2) is 0 Å². The summed E-state index contributed by atoms with van der Waals surface area (Å²) in [6.07, 6.45) is 9.03. The van der Waals surface area contributed by atoms with E-state index in [4.69, 9.17) is 0 Å². The molecule has 0 radical (unpaired) electrons. The fraction of sp³-hybridized carbons (Fsp3) is 1.00. The lowest BCUT2D eigenvalue weighted by molar-refractivity contribution is 0.496. The van der Waals surface area contributed by atoms with Crippen molar-refractivity contribution in [2.75, 3.05) is 12.8 Å². The van der Waals surface area contributed by atoms with Gasteiger partial charge in [0.25, 0.3) is 0 Å². The van der Waals surface area contributed by atoms with E-state index in [0.717, 1.165) is 11.7 Å². The second kappa shape index (κ2) is 5.44. The van der Waals surface area contributed by atoms with E-state index >= 15 is 0 Å². The van der Waals surface area contributed by atoms with Gasteiger partial charge in [-0.3, -0.25) is 4.21 Å². The maximum Gasteiger partial charge on any atom is 0.0394 e. The van der Waals surface area contributed by atoms with Gasteiger partial charge in [-0.05, 0) is 38.6 Å². The average molecular weight is 229 g/mol. The van der Waals surface area contributed by atoms with Gasteiger partial charge in [0.05, 0.1) is 0 Å². The SMILES string of the molecule is CNC(CS(=O)C1CCCCC1)C1CC1. The molecule has 1 N–H and O–H groups in total. The van der Waals surface area contributed by atoms with Crippen molar-refractivity contribution in [1.82, 2.24) is 5.32 Å². The highest BCUT2D eigenvalue weighted by molar-refractivity contribution is 7.85. The predicted molar refractivity (Wildman–Crippen MR) is 65.5 cm³/mol. The molecule has 2 fully saturated rings. The molecule has 2 saturated carbocycles. The van der Waals surface area contributed by atoms with Gasteiger partial charge < -0.3 is 5.32 Å². The molecule has 0 saturated heterocycles. The molecule has 3 heteroatoms. The smallest absolute Gasteiger partial charge is 0.0394 e. The van der Waals surface area contributed by atoms with Crippen LogP contribution >= 0.6 is 0 Å². The normalized spacial score (nSPS) is 27.5. The van der Waals surface area contributed by atoms with Crippen LogP contribution in [-0.4, -0.2) is 28.3 Å². The molecule has 2 atom stereocenters. The van der Waals surface area contributed by atoms with Gasteiger partial charge in [-0.1, -0.05) is 19.3 Å². The third-order valence-corrected chi connectivity index (χ3v) is 5.73. The van der Waals surface area contributed by atoms with E-state index in [1.54, 1.807) is 0 Å². The fourth-order valence-electron chi connectivity index (χ4n) is 2.59. The van der Waals surface area contributed by atoms with Gasteiger partial charge in [0.15, 0.2) is 0 Å². The monoisotopic (exact) mass is 229 g/mol. The fourth-order valence-corrected chi connectivity index (χ4v) is 4.52. The molecule has 0 bridgehead atoms. The molecule has 2 rings (SSSR count). The van der Waals surface area contributed by atoms with E-state index in [0.29, 0.717) is 11.3 Å². The zero-order valence-corrected chi connectivity index (χ0v) is 10.5. The third-order valence-electron chi connectivity index (χ3n) is 3.83. The molecule has 0 aromatic heterocycles. The van der Waals surface area contributed by atoms with Gasteiger partial charge >= 0.3 is 0 Å². The van der Waals surface area contributed by atoms with Crippen LogP contribution in [0, 0.1) is 5.92 Å². The molecule has 0 aromatic carbocycles. The average Bonchev–Trinajstić information content (AvgIpc) is 3.10. The topological polar surface area (TPSA) is 29.1 Å². The zero-order valence-electron chi connectivity index (χ0n) is 9.71. The minimum absolute atomic E-state index is 0.508. The van der Waals surface area contributed by atoms with Crippen LogP contribution in [0.25, 0.3) is 0 Å². The molecule has 88 valence electrons. The summed E-state index contributed by atoms with van der Waals surface area (Å²) in [6, 6.07) is 0.521. The summed E-state index contributed by atoms with van der Waals surface area (Å²) in [5.74, 6) is 1.72. The standard InChI is InChI=1S/C12H23NOS/c1-13-12(10-7-8-10)9-15(14)11-5-3-2-4-6-11/h10-13H,2-9H2,1H3. The summed E-state index contributed by atoms with van der Waals surface area (Å²) in [4.78, 5) is 0. The first-order chi connectivity index (χ1) is 7.31. The van der Waals surface area contributed by atoms with Crippen molar-refractivity contribution < 1.29 is 4.21 Å². The Hall–Kier alpha value is 0.110. The molecule has 2 nitrogen and oxygen atoms in total. The van der Waals surface area contributed by atoms with Crippen molar-refractivity contribution in [3.05, 3.63) is 0 Å². The molecule has 2 aliphatic rings. The first-order valence-electron chi connectivity index (χ1n) is 6.35. The molecule has 2 unspecified atom stereocenters. The Morgan fingerprint density at radius 1 is 1.20 bits per heavy atom. The Morgan fingerprint density at radius 2 is 1.87 bits per heavy atom. The Labute approximate surface area is 95.7 Å². The lowest BCUT2D eigenvalue weighted by Crippen LogP contribution is -2.36. The first kappa shape index (κ1) is 11.6. The van der Waals surface area contributed by atoms with E-state index in [2.05, 4.69) is 5.32 Å². The molecular formula is C12H23NOS. The lowest BCUT2D eigenvalue weighted by atomic mass is 10.0. The number of nitrogens with one attached hydrogen (secondary N) is 1. The van der Waals surface area contributed by atoms with Crippen molar-refractivity contribution in [3.63, 3.8) is 0 Å².